The van der Waals surface area contributed by atoms with Crippen molar-refractivity contribution in [3.63, 3.8) is 0 Å². The predicted octanol–water partition coefficient (Wildman–Crippen LogP) is 3.78. The summed E-state index contributed by atoms with van der Waals surface area (Å²) in [6.45, 7) is 3.39. The highest BCUT2D eigenvalue weighted by atomic mass is 32.2. The standard InChI is InChI=1S/C21H24N2O3S2/c1-15-13-16-7-3-4-8-19(16)23(15)28(25,26)17-9-10-20(27-2)18(14-17)21(24)22-11-5-6-12-22/h3-4,7-10,14-15H,5-6,11-13H2,1-2H3. The number of nitrogens with zero attached hydrogens (tertiary/aromatic N) is 2. The van der Waals surface area contributed by atoms with Crippen molar-refractivity contribution < 1.29 is 13.2 Å². The molecule has 0 bridgehead atoms. The highest BCUT2D eigenvalue weighted by Gasteiger charge is 2.36. The molecule has 148 valence electrons. The lowest BCUT2D eigenvalue weighted by molar-refractivity contribution is 0.0789. The Morgan fingerprint density at radius 3 is 2.54 bits per heavy atom. The van der Waals surface area contributed by atoms with Crippen LogP contribution in [0.15, 0.2) is 52.3 Å². The number of carbonyl (C=O) groups excluding carboxylic acids is 1. The summed E-state index contributed by atoms with van der Waals surface area (Å²) in [5.74, 6) is -0.0752. The van der Waals surface area contributed by atoms with Gasteiger partial charge in [-0.15, -0.1) is 11.8 Å². The van der Waals surface area contributed by atoms with E-state index in [4.69, 9.17) is 0 Å². The molecule has 0 aliphatic carbocycles. The molecule has 0 spiro atoms. The number of carbonyl (C=O) groups is 1. The van der Waals surface area contributed by atoms with Crippen LogP contribution in [0.25, 0.3) is 0 Å². The monoisotopic (exact) mass is 416 g/mol. The van der Waals surface area contributed by atoms with Crippen LogP contribution >= 0.6 is 11.8 Å². The van der Waals surface area contributed by atoms with Gasteiger partial charge in [-0.3, -0.25) is 9.10 Å². The van der Waals surface area contributed by atoms with Crippen LogP contribution in [0, 0.1) is 0 Å². The lowest BCUT2D eigenvalue weighted by Gasteiger charge is -2.25. The molecule has 0 saturated carbocycles. The van der Waals surface area contributed by atoms with E-state index in [1.54, 1.807) is 18.2 Å². The number of thioether (sulfide) groups is 1. The average Bonchev–Trinajstić information content (AvgIpc) is 3.34. The lowest BCUT2D eigenvalue weighted by Crippen LogP contribution is -2.36. The average molecular weight is 417 g/mol. The Balaban J connectivity index is 1.76. The third kappa shape index (κ3) is 3.20. The van der Waals surface area contributed by atoms with Crippen LogP contribution in [0.3, 0.4) is 0 Å². The Morgan fingerprint density at radius 1 is 1.11 bits per heavy atom. The van der Waals surface area contributed by atoms with E-state index in [1.165, 1.54) is 16.1 Å². The maximum atomic E-state index is 13.5. The van der Waals surface area contributed by atoms with Gasteiger partial charge in [0.15, 0.2) is 0 Å². The third-order valence-electron chi connectivity index (χ3n) is 5.50. The first-order valence-corrected chi connectivity index (χ1v) is 12.2. The smallest absolute Gasteiger partial charge is 0.264 e. The number of anilines is 1. The first-order valence-electron chi connectivity index (χ1n) is 9.53. The molecule has 1 atom stereocenters. The Morgan fingerprint density at radius 2 is 1.82 bits per heavy atom. The Kier molecular flexibility index (Phi) is 5.14. The van der Waals surface area contributed by atoms with Crippen molar-refractivity contribution in [2.75, 3.05) is 23.7 Å². The van der Waals surface area contributed by atoms with Crippen molar-refractivity contribution in [1.29, 1.82) is 0 Å². The summed E-state index contributed by atoms with van der Waals surface area (Å²) >= 11 is 1.47. The molecule has 5 nitrogen and oxygen atoms in total. The van der Waals surface area contributed by atoms with Gasteiger partial charge in [0.1, 0.15) is 0 Å². The third-order valence-corrected chi connectivity index (χ3v) is 8.22. The van der Waals surface area contributed by atoms with Gasteiger partial charge in [0.05, 0.1) is 16.1 Å². The molecule has 2 aromatic carbocycles. The molecule has 7 heteroatoms. The van der Waals surface area contributed by atoms with Crippen molar-refractivity contribution in [3.05, 3.63) is 53.6 Å². The summed E-state index contributed by atoms with van der Waals surface area (Å²) < 4.78 is 28.5. The molecule has 2 aromatic rings. The molecule has 4 rings (SSSR count). The van der Waals surface area contributed by atoms with E-state index in [2.05, 4.69) is 0 Å². The minimum Gasteiger partial charge on any atom is -0.339 e. The minimum absolute atomic E-state index is 0.0752. The Labute approximate surface area is 170 Å². The van der Waals surface area contributed by atoms with Crippen molar-refractivity contribution in [2.45, 2.75) is 42.0 Å². The fourth-order valence-electron chi connectivity index (χ4n) is 4.12. The fraction of sp³-hybridized carbons (Fsp3) is 0.381. The molecular weight excluding hydrogens is 392 g/mol. The summed E-state index contributed by atoms with van der Waals surface area (Å²) in [6, 6.07) is 12.4. The van der Waals surface area contributed by atoms with Crippen LogP contribution in [0.4, 0.5) is 5.69 Å². The molecule has 1 saturated heterocycles. The molecule has 2 aliphatic rings. The van der Waals surface area contributed by atoms with Crippen molar-refractivity contribution in [3.8, 4) is 0 Å². The van der Waals surface area contributed by atoms with E-state index < -0.39 is 10.0 Å². The number of benzene rings is 2. The largest absolute Gasteiger partial charge is 0.339 e. The van der Waals surface area contributed by atoms with Crippen molar-refractivity contribution >= 4 is 33.4 Å². The zero-order valence-electron chi connectivity index (χ0n) is 16.1. The van der Waals surface area contributed by atoms with Crippen LogP contribution in [0.5, 0.6) is 0 Å². The van der Waals surface area contributed by atoms with Gasteiger partial charge in [0, 0.05) is 24.0 Å². The van der Waals surface area contributed by atoms with Crippen LogP contribution in [-0.2, 0) is 16.4 Å². The highest BCUT2D eigenvalue weighted by molar-refractivity contribution is 7.98. The summed E-state index contributed by atoms with van der Waals surface area (Å²) in [7, 11) is -3.75. The van der Waals surface area contributed by atoms with Gasteiger partial charge >= 0.3 is 0 Å². The molecule has 1 fully saturated rings. The SMILES string of the molecule is CSc1ccc(S(=O)(=O)N2c3ccccc3CC2C)cc1C(=O)N1CCCC1. The Bertz CT molecular complexity index is 1010. The number of sulfonamides is 1. The topological polar surface area (TPSA) is 57.7 Å². The van der Waals surface area contributed by atoms with Crippen molar-refractivity contribution in [1.82, 2.24) is 4.90 Å². The number of likely N-dealkylation sites (tertiary alicyclic amines) is 1. The molecule has 28 heavy (non-hydrogen) atoms. The van der Waals surface area contributed by atoms with E-state index in [0.29, 0.717) is 12.0 Å². The van der Waals surface area contributed by atoms with Gasteiger partial charge < -0.3 is 4.90 Å². The highest BCUT2D eigenvalue weighted by Crippen LogP contribution is 2.37. The predicted molar refractivity (Wildman–Crippen MR) is 113 cm³/mol. The normalized spacial score (nSPS) is 19.1. The summed E-state index contributed by atoms with van der Waals surface area (Å²) in [6.07, 6.45) is 4.60. The zero-order chi connectivity index (χ0) is 19.9. The molecule has 1 amide bonds. The van der Waals surface area contributed by atoms with Crippen LogP contribution in [-0.4, -0.2) is 44.6 Å². The van der Waals surface area contributed by atoms with E-state index in [-0.39, 0.29) is 16.8 Å². The molecule has 0 radical (unpaired) electrons. The second kappa shape index (κ2) is 7.44. The first-order chi connectivity index (χ1) is 13.4. The number of fused-ring (bicyclic) bond motifs is 1. The first kappa shape index (κ1) is 19.3. The summed E-state index contributed by atoms with van der Waals surface area (Å²) in [4.78, 5) is 15.8. The van der Waals surface area contributed by atoms with Gasteiger partial charge in [-0.05, 0) is 62.3 Å². The quantitative estimate of drug-likeness (QED) is 0.712. The number of para-hydroxylation sites is 1. The maximum absolute atomic E-state index is 13.5. The Hall–Kier alpha value is -1.99. The van der Waals surface area contributed by atoms with E-state index in [1.807, 2.05) is 42.3 Å². The summed E-state index contributed by atoms with van der Waals surface area (Å²) in [5.41, 5.74) is 2.25. The maximum Gasteiger partial charge on any atom is 0.264 e. The van der Waals surface area contributed by atoms with Crippen LogP contribution < -0.4 is 4.31 Å². The minimum atomic E-state index is -3.75. The number of amides is 1. The van der Waals surface area contributed by atoms with Gasteiger partial charge in [0.2, 0.25) is 0 Å². The molecule has 0 aromatic heterocycles. The number of hydrogen-bond acceptors (Lipinski definition) is 4. The summed E-state index contributed by atoms with van der Waals surface area (Å²) in [5, 5.41) is 0. The molecular formula is C21H24N2O3S2. The van der Waals surface area contributed by atoms with E-state index in [0.717, 1.165) is 42.1 Å². The second-order valence-electron chi connectivity index (χ2n) is 7.34. The second-order valence-corrected chi connectivity index (χ2v) is 10.0. The van der Waals surface area contributed by atoms with Gasteiger partial charge in [-0.1, -0.05) is 18.2 Å². The molecule has 1 unspecified atom stereocenters. The van der Waals surface area contributed by atoms with Crippen LogP contribution in [0.1, 0.15) is 35.7 Å². The fourth-order valence-corrected chi connectivity index (χ4v) is 6.41. The number of rotatable bonds is 4. The lowest BCUT2D eigenvalue weighted by atomic mass is 10.1. The molecule has 2 aliphatic heterocycles. The number of hydrogen-bond donors (Lipinski definition) is 0. The zero-order valence-corrected chi connectivity index (χ0v) is 17.7. The van der Waals surface area contributed by atoms with Gasteiger partial charge in [0.25, 0.3) is 15.9 Å². The van der Waals surface area contributed by atoms with Gasteiger partial charge in [-0.2, -0.15) is 0 Å². The van der Waals surface area contributed by atoms with Crippen molar-refractivity contribution in [2.24, 2.45) is 0 Å². The molecule has 2 heterocycles. The van der Waals surface area contributed by atoms with E-state index in [9.17, 15) is 13.2 Å². The molecule has 0 N–H and O–H groups in total. The van der Waals surface area contributed by atoms with Crippen LogP contribution in [0.2, 0.25) is 0 Å². The van der Waals surface area contributed by atoms with Gasteiger partial charge in [-0.25, -0.2) is 8.42 Å². The van der Waals surface area contributed by atoms with E-state index >= 15 is 0 Å².